The van der Waals surface area contributed by atoms with E-state index in [0.717, 1.165) is 12.1 Å². The number of ether oxygens (including phenoxy) is 1. The topological polar surface area (TPSA) is 119 Å². The van der Waals surface area contributed by atoms with Crippen LogP contribution in [0.15, 0.2) is 36.4 Å². The second kappa shape index (κ2) is 7.94. The summed E-state index contributed by atoms with van der Waals surface area (Å²) in [6, 6.07) is 6.06. The van der Waals surface area contributed by atoms with Crippen molar-refractivity contribution in [2.75, 3.05) is 11.9 Å². The molecule has 148 valence electrons. The predicted octanol–water partition coefficient (Wildman–Crippen LogP) is 3.42. The fraction of sp³-hybridized carbons (Fsp3) is 0.176. The third-order valence-corrected chi connectivity index (χ3v) is 3.59. The maximum atomic E-state index is 13.1. The van der Waals surface area contributed by atoms with E-state index in [-0.39, 0.29) is 17.4 Å². The summed E-state index contributed by atoms with van der Waals surface area (Å²) < 4.78 is 43.9. The summed E-state index contributed by atoms with van der Waals surface area (Å²) in [4.78, 5) is 33.4. The molecule has 0 aromatic heterocycles. The van der Waals surface area contributed by atoms with Crippen LogP contribution in [-0.4, -0.2) is 28.5 Å². The number of alkyl halides is 3. The highest BCUT2D eigenvalue weighted by molar-refractivity contribution is 5.97. The summed E-state index contributed by atoms with van der Waals surface area (Å²) in [7, 11) is 0. The van der Waals surface area contributed by atoms with E-state index in [4.69, 9.17) is 0 Å². The van der Waals surface area contributed by atoms with Gasteiger partial charge in [-0.25, -0.2) is 4.79 Å². The predicted molar refractivity (Wildman–Crippen MR) is 89.9 cm³/mol. The van der Waals surface area contributed by atoms with Gasteiger partial charge in [0.15, 0.2) is 6.61 Å². The fourth-order valence-electron chi connectivity index (χ4n) is 2.21. The molecule has 8 nitrogen and oxygen atoms in total. The molecule has 0 unspecified atom stereocenters. The zero-order chi connectivity index (χ0) is 21.1. The van der Waals surface area contributed by atoms with Gasteiger partial charge in [-0.05, 0) is 24.6 Å². The van der Waals surface area contributed by atoms with Crippen molar-refractivity contribution in [1.29, 1.82) is 0 Å². The Bertz CT molecular complexity index is 943. The minimum Gasteiger partial charge on any atom is -0.507 e. The average molecular weight is 398 g/mol. The number of non-ortho nitro benzene ring substituents is 1. The smallest absolute Gasteiger partial charge is 0.418 e. The van der Waals surface area contributed by atoms with Crippen molar-refractivity contribution in [3.63, 3.8) is 0 Å². The molecule has 0 aliphatic rings. The number of aryl methyl sites for hydroxylation is 1. The Labute approximate surface area is 155 Å². The van der Waals surface area contributed by atoms with Crippen LogP contribution in [0.3, 0.4) is 0 Å². The number of hydrogen-bond acceptors (Lipinski definition) is 6. The van der Waals surface area contributed by atoms with Gasteiger partial charge in [0.1, 0.15) is 11.3 Å². The number of anilines is 1. The normalized spacial score (nSPS) is 11.0. The van der Waals surface area contributed by atoms with E-state index in [1.165, 1.54) is 25.1 Å². The first-order valence-corrected chi connectivity index (χ1v) is 7.62. The minimum absolute atomic E-state index is 0.209. The summed E-state index contributed by atoms with van der Waals surface area (Å²) in [5.41, 5.74) is -2.76. The lowest BCUT2D eigenvalue weighted by atomic mass is 10.1. The highest BCUT2D eigenvalue weighted by Crippen LogP contribution is 2.37. The molecule has 0 aliphatic heterocycles. The molecule has 0 saturated heterocycles. The van der Waals surface area contributed by atoms with Crippen molar-refractivity contribution in [3.8, 4) is 5.75 Å². The first kappa shape index (κ1) is 20.7. The van der Waals surface area contributed by atoms with E-state index < -0.39 is 46.5 Å². The monoisotopic (exact) mass is 398 g/mol. The number of aromatic hydroxyl groups is 1. The molecule has 0 bridgehead atoms. The molecule has 1 amide bonds. The van der Waals surface area contributed by atoms with E-state index in [0.29, 0.717) is 5.56 Å². The van der Waals surface area contributed by atoms with Crippen LogP contribution in [0.2, 0.25) is 0 Å². The molecule has 0 saturated carbocycles. The van der Waals surface area contributed by atoms with Crippen LogP contribution in [-0.2, 0) is 15.7 Å². The third-order valence-electron chi connectivity index (χ3n) is 3.59. The van der Waals surface area contributed by atoms with Gasteiger partial charge in [-0.1, -0.05) is 12.1 Å². The fourth-order valence-corrected chi connectivity index (χ4v) is 2.21. The van der Waals surface area contributed by atoms with Gasteiger partial charge in [0, 0.05) is 12.1 Å². The van der Waals surface area contributed by atoms with Crippen LogP contribution in [0.1, 0.15) is 21.5 Å². The number of phenolic OH excluding ortho intramolecular Hbond substituents is 1. The first-order valence-electron chi connectivity index (χ1n) is 7.62. The molecule has 28 heavy (non-hydrogen) atoms. The Morgan fingerprint density at radius 1 is 1.25 bits per heavy atom. The van der Waals surface area contributed by atoms with Gasteiger partial charge >= 0.3 is 12.1 Å². The van der Waals surface area contributed by atoms with Crippen LogP contribution in [0.25, 0.3) is 0 Å². The number of nitrogens with zero attached hydrogens (tertiary/aromatic N) is 1. The lowest BCUT2D eigenvalue weighted by Gasteiger charge is -2.14. The van der Waals surface area contributed by atoms with Gasteiger partial charge < -0.3 is 15.2 Å². The van der Waals surface area contributed by atoms with Crippen LogP contribution >= 0.6 is 0 Å². The second-order valence-electron chi connectivity index (χ2n) is 5.58. The molecule has 0 heterocycles. The second-order valence-corrected chi connectivity index (χ2v) is 5.58. The minimum atomic E-state index is -4.96. The van der Waals surface area contributed by atoms with Gasteiger partial charge in [-0.2, -0.15) is 13.2 Å². The zero-order valence-corrected chi connectivity index (χ0v) is 14.2. The summed E-state index contributed by atoms with van der Waals surface area (Å²) in [5.74, 6) is -2.49. The number of carbonyl (C=O) groups excluding carboxylic acids is 2. The molecule has 0 spiro atoms. The Hall–Kier alpha value is -3.63. The van der Waals surface area contributed by atoms with Gasteiger partial charge in [0.25, 0.3) is 11.6 Å². The van der Waals surface area contributed by atoms with E-state index in [9.17, 15) is 38.0 Å². The Morgan fingerprint density at radius 3 is 2.54 bits per heavy atom. The Balaban J connectivity index is 2.12. The van der Waals surface area contributed by atoms with Gasteiger partial charge in [-0.3, -0.25) is 14.9 Å². The van der Waals surface area contributed by atoms with Crippen molar-refractivity contribution in [2.45, 2.75) is 13.1 Å². The number of halogens is 3. The number of esters is 1. The summed E-state index contributed by atoms with van der Waals surface area (Å²) in [5, 5.41) is 22.3. The molecule has 2 N–H and O–H groups in total. The molecule has 2 rings (SSSR count). The molecular weight excluding hydrogens is 385 g/mol. The van der Waals surface area contributed by atoms with E-state index in [1.807, 2.05) is 5.32 Å². The van der Waals surface area contributed by atoms with Gasteiger partial charge in [0.05, 0.1) is 16.2 Å². The van der Waals surface area contributed by atoms with Crippen molar-refractivity contribution in [1.82, 2.24) is 0 Å². The molecule has 0 fully saturated rings. The van der Waals surface area contributed by atoms with Crippen LogP contribution < -0.4 is 5.32 Å². The van der Waals surface area contributed by atoms with Crippen molar-refractivity contribution in [2.24, 2.45) is 0 Å². The zero-order valence-electron chi connectivity index (χ0n) is 14.2. The number of phenols is 1. The maximum Gasteiger partial charge on any atom is 0.418 e. The van der Waals surface area contributed by atoms with Crippen molar-refractivity contribution < 1.29 is 37.5 Å². The van der Waals surface area contributed by atoms with Crippen molar-refractivity contribution in [3.05, 3.63) is 63.2 Å². The molecule has 2 aromatic rings. The summed E-state index contributed by atoms with van der Waals surface area (Å²) >= 11 is 0. The summed E-state index contributed by atoms with van der Waals surface area (Å²) in [6.45, 7) is 0.604. The SMILES string of the molecule is Cc1cccc(C(=O)OCC(=O)Nc2ccc([N+](=O)[O-])cc2C(F)(F)F)c1O. The number of para-hydroxylation sites is 1. The van der Waals surface area contributed by atoms with E-state index in [2.05, 4.69) is 4.74 Å². The van der Waals surface area contributed by atoms with Gasteiger partial charge in [-0.15, -0.1) is 0 Å². The number of rotatable bonds is 5. The molecule has 0 radical (unpaired) electrons. The number of hydrogen-bond donors (Lipinski definition) is 2. The van der Waals surface area contributed by atoms with Crippen LogP contribution in [0.4, 0.5) is 24.5 Å². The number of benzene rings is 2. The molecule has 0 atom stereocenters. The van der Waals surface area contributed by atoms with Crippen LogP contribution in [0.5, 0.6) is 5.75 Å². The number of carbonyl (C=O) groups is 2. The van der Waals surface area contributed by atoms with Gasteiger partial charge in [0.2, 0.25) is 0 Å². The molecule has 11 heteroatoms. The lowest BCUT2D eigenvalue weighted by molar-refractivity contribution is -0.385. The average Bonchev–Trinajstić information content (AvgIpc) is 2.61. The Kier molecular flexibility index (Phi) is 5.87. The highest BCUT2D eigenvalue weighted by atomic mass is 19.4. The van der Waals surface area contributed by atoms with E-state index >= 15 is 0 Å². The lowest BCUT2D eigenvalue weighted by Crippen LogP contribution is -2.23. The standard InChI is InChI=1S/C17H13F3N2O6/c1-9-3-2-4-11(15(9)24)16(25)28-8-14(23)21-13-6-5-10(22(26)27)7-12(13)17(18,19)20/h2-7,24H,8H2,1H3,(H,21,23). The van der Waals surface area contributed by atoms with E-state index in [1.54, 1.807) is 0 Å². The van der Waals surface area contributed by atoms with Crippen molar-refractivity contribution >= 4 is 23.3 Å². The quantitative estimate of drug-likeness (QED) is 0.453. The third kappa shape index (κ3) is 4.75. The molecular formula is C17H13F3N2O6. The number of nitrogens with one attached hydrogen (secondary N) is 1. The maximum absolute atomic E-state index is 13.1. The Morgan fingerprint density at radius 2 is 1.93 bits per heavy atom. The number of nitro groups is 1. The molecule has 0 aliphatic carbocycles. The first-order chi connectivity index (χ1) is 13.0. The van der Waals surface area contributed by atoms with Crippen LogP contribution in [0, 0.1) is 17.0 Å². The summed E-state index contributed by atoms with van der Waals surface area (Å²) in [6.07, 6.45) is -4.96. The highest BCUT2D eigenvalue weighted by Gasteiger charge is 2.35. The number of amides is 1. The number of nitro benzene ring substituents is 1. The molecule has 2 aromatic carbocycles. The largest absolute Gasteiger partial charge is 0.507 e.